The molecule has 0 saturated carbocycles. The highest BCUT2D eigenvalue weighted by Crippen LogP contribution is 2.25. The van der Waals surface area contributed by atoms with Gasteiger partial charge in [0, 0.05) is 23.5 Å². The van der Waals surface area contributed by atoms with Crippen LogP contribution in [0.15, 0.2) is 41.8 Å². The van der Waals surface area contributed by atoms with E-state index in [-0.39, 0.29) is 6.04 Å². The summed E-state index contributed by atoms with van der Waals surface area (Å²) in [6, 6.07) is 13.1. The van der Waals surface area contributed by atoms with Crippen molar-refractivity contribution in [1.29, 1.82) is 0 Å². The normalized spacial score (nSPS) is 14.1. The molecule has 2 N–H and O–H groups in total. The van der Waals surface area contributed by atoms with Gasteiger partial charge in [-0.3, -0.25) is 4.90 Å². The van der Waals surface area contributed by atoms with Crippen LogP contribution in [0.2, 0.25) is 0 Å². The lowest BCUT2D eigenvalue weighted by atomic mass is 10.0. The number of nitrogens with two attached hydrogens (primary N) is 1. The molecular weight excluding hydrogens is 280 g/mol. The van der Waals surface area contributed by atoms with Crippen LogP contribution in [0.25, 0.3) is 0 Å². The first-order chi connectivity index (χ1) is 10.2. The van der Waals surface area contributed by atoms with Crippen LogP contribution in [-0.2, 0) is 6.42 Å². The largest absolute Gasteiger partial charge is 0.497 e. The number of likely N-dealkylation sites (N-methyl/N-ethyl adjacent to an activating group) is 1. The summed E-state index contributed by atoms with van der Waals surface area (Å²) in [6.45, 7) is 2.85. The van der Waals surface area contributed by atoms with Gasteiger partial charge in [-0.15, -0.1) is 11.3 Å². The molecule has 114 valence electrons. The van der Waals surface area contributed by atoms with Crippen molar-refractivity contribution in [3.63, 3.8) is 0 Å². The number of hydrogen-bond acceptors (Lipinski definition) is 4. The van der Waals surface area contributed by atoms with E-state index >= 15 is 0 Å². The molecule has 21 heavy (non-hydrogen) atoms. The fourth-order valence-electron chi connectivity index (χ4n) is 2.56. The molecule has 1 aromatic heterocycles. The Bertz CT molecular complexity index is 541. The highest BCUT2D eigenvalue weighted by molar-refractivity contribution is 7.09. The third kappa shape index (κ3) is 4.06. The molecule has 0 bridgehead atoms. The molecule has 0 spiro atoms. The number of rotatable bonds is 7. The van der Waals surface area contributed by atoms with Gasteiger partial charge in [0.05, 0.1) is 7.11 Å². The fourth-order valence-corrected chi connectivity index (χ4v) is 3.38. The number of hydrogen-bond donors (Lipinski definition) is 1. The summed E-state index contributed by atoms with van der Waals surface area (Å²) < 4.78 is 5.32. The Hall–Kier alpha value is -1.36. The first kappa shape index (κ1) is 16.0. The maximum absolute atomic E-state index is 6.03. The maximum Gasteiger partial charge on any atom is 0.119 e. The second-order valence-corrected chi connectivity index (χ2v) is 6.36. The Morgan fingerprint density at radius 1 is 1.29 bits per heavy atom. The quantitative estimate of drug-likeness (QED) is 0.853. The number of nitrogens with zero attached hydrogens (tertiary/aromatic N) is 1. The summed E-state index contributed by atoms with van der Waals surface area (Å²) in [4.78, 5) is 3.77. The van der Waals surface area contributed by atoms with Crippen LogP contribution in [0, 0.1) is 0 Å². The minimum Gasteiger partial charge on any atom is -0.497 e. The van der Waals surface area contributed by atoms with E-state index in [2.05, 4.69) is 48.5 Å². The SMILES string of the molecule is COc1cccc(C(CN)N(C)C(C)Cc2cccs2)c1. The van der Waals surface area contributed by atoms with Crippen molar-refractivity contribution in [3.8, 4) is 5.75 Å². The summed E-state index contributed by atoms with van der Waals surface area (Å²) in [6.07, 6.45) is 1.05. The summed E-state index contributed by atoms with van der Waals surface area (Å²) in [5, 5.41) is 2.13. The highest BCUT2D eigenvalue weighted by Gasteiger charge is 2.21. The Balaban J connectivity index is 2.11. The topological polar surface area (TPSA) is 38.5 Å². The van der Waals surface area contributed by atoms with Crippen molar-refractivity contribution in [1.82, 2.24) is 4.90 Å². The van der Waals surface area contributed by atoms with Crippen molar-refractivity contribution >= 4 is 11.3 Å². The minimum atomic E-state index is 0.204. The zero-order valence-corrected chi connectivity index (χ0v) is 13.8. The Morgan fingerprint density at radius 3 is 2.71 bits per heavy atom. The molecule has 0 radical (unpaired) electrons. The zero-order valence-electron chi connectivity index (χ0n) is 13.0. The van der Waals surface area contributed by atoms with E-state index in [0.717, 1.165) is 12.2 Å². The van der Waals surface area contributed by atoms with Crippen LogP contribution >= 0.6 is 11.3 Å². The first-order valence-corrected chi connectivity index (χ1v) is 8.12. The number of thiophene rings is 1. The molecule has 4 heteroatoms. The van der Waals surface area contributed by atoms with Gasteiger partial charge in [-0.25, -0.2) is 0 Å². The van der Waals surface area contributed by atoms with Crippen LogP contribution in [-0.4, -0.2) is 31.6 Å². The smallest absolute Gasteiger partial charge is 0.119 e. The molecular formula is C17H24N2OS. The average molecular weight is 304 g/mol. The van der Waals surface area contributed by atoms with Gasteiger partial charge in [-0.05, 0) is 49.5 Å². The Labute approximate surface area is 131 Å². The minimum absolute atomic E-state index is 0.204. The Morgan fingerprint density at radius 2 is 2.10 bits per heavy atom. The molecule has 0 saturated heterocycles. The van der Waals surface area contributed by atoms with E-state index in [1.807, 2.05) is 23.5 Å². The van der Waals surface area contributed by atoms with Crippen molar-refractivity contribution in [2.45, 2.75) is 25.4 Å². The summed E-state index contributed by atoms with van der Waals surface area (Å²) in [5.74, 6) is 0.880. The highest BCUT2D eigenvalue weighted by atomic mass is 32.1. The molecule has 2 aromatic rings. The third-order valence-corrected chi connectivity index (χ3v) is 4.86. The van der Waals surface area contributed by atoms with E-state index in [1.54, 1.807) is 7.11 Å². The van der Waals surface area contributed by atoms with Crippen molar-refractivity contribution in [3.05, 3.63) is 52.2 Å². The number of methoxy groups -OCH3 is 1. The lowest BCUT2D eigenvalue weighted by Gasteiger charge is -2.32. The molecule has 3 nitrogen and oxygen atoms in total. The van der Waals surface area contributed by atoms with Crippen LogP contribution < -0.4 is 10.5 Å². The predicted molar refractivity (Wildman–Crippen MR) is 90.0 cm³/mol. The van der Waals surface area contributed by atoms with Crippen LogP contribution in [0.5, 0.6) is 5.75 Å². The molecule has 0 fully saturated rings. The maximum atomic E-state index is 6.03. The van der Waals surface area contributed by atoms with Gasteiger partial charge >= 0.3 is 0 Å². The van der Waals surface area contributed by atoms with Gasteiger partial charge in [0.25, 0.3) is 0 Å². The molecule has 2 unspecified atom stereocenters. The van der Waals surface area contributed by atoms with Gasteiger partial charge in [-0.1, -0.05) is 18.2 Å². The second-order valence-electron chi connectivity index (χ2n) is 5.33. The number of ether oxygens (including phenoxy) is 1. The van der Waals surface area contributed by atoms with E-state index in [9.17, 15) is 0 Å². The lowest BCUT2D eigenvalue weighted by molar-refractivity contribution is 0.188. The summed E-state index contributed by atoms with van der Waals surface area (Å²) in [7, 11) is 3.84. The summed E-state index contributed by atoms with van der Waals surface area (Å²) >= 11 is 1.81. The van der Waals surface area contributed by atoms with Crippen LogP contribution in [0.3, 0.4) is 0 Å². The molecule has 0 aliphatic rings. The van der Waals surface area contributed by atoms with Gasteiger partial charge < -0.3 is 10.5 Å². The molecule has 0 aliphatic heterocycles. The average Bonchev–Trinajstić information content (AvgIpc) is 3.01. The predicted octanol–water partition coefficient (Wildman–Crippen LogP) is 3.32. The van der Waals surface area contributed by atoms with Crippen molar-refractivity contribution in [2.24, 2.45) is 5.73 Å². The van der Waals surface area contributed by atoms with Gasteiger partial charge in [0.1, 0.15) is 5.75 Å². The van der Waals surface area contributed by atoms with E-state index in [0.29, 0.717) is 12.6 Å². The number of benzene rings is 1. The molecule has 1 heterocycles. The van der Waals surface area contributed by atoms with E-state index < -0.39 is 0 Å². The van der Waals surface area contributed by atoms with Gasteiger partial charge in [0.15, 0.2) is 0 Å². The van der Waals surface area contributed by atoms with E-state index in [4.69, 9.17) is 10.5 Å². The Kier molecular flexibility index (Phi) is 5.79. The van der Waals surface area contributed by atoms with E-state index in [1.165, 1.54) is 10.4 Å². The molecule has 0 amide bonds. The van der Waals surface area contributed by atoms with Gasteiger partial charge in [-0.2, -0.15) is 0 Å². The molecule has 2 atom stereocenters. The fraction of sp³-hybridized carbons (Fsp3) is 0.412. The van der Waals surface area contributed by atoms with Crippen molar-refractivity contribution in [2.75, 3.05) is 20.7 Å². The first-order valence-electron chi connectivity index (χ1n) is 7.24. The molecule has 2 rings (SSSR count). The summed E-state index contributed by atoms with van der Waals surface area (Å²) in [5.41, 5.74) is 7.23. The van der Waals surface area contributed by atoms with Gasteiger partial charge in [0.2, 0.25) is 0 Å². The second kappa shape index (κ2) is 7.59. The molecule has 0 aliphatic carbocycles. The van der Waals surface area contributed by atoms with Crippen LogP contribution in [0.1, 0.15) is 23.4 Å². The van der Waals surface area contributed by atoms with Crippen molar-refractivity contribution < 1.29 is 4.74 Å². The lowest BCUT2D eigenvalue weighted by Crippen LogP contribution is -2.38. The third-order valence-electron chi connectivity index (χ3n) is 3.97. The zero-order chi connectivity index (χ0) is 15.2. The monoisotopic (exact) mass is 304 g/mol. The standard InChI is InChI=1S/C17H24N2OS/c1-13(10-16-8-5-9-21-16)19(2)17(12-18)14-6-4-7-15(11-14)20-3/h4-9,11,13,17H,10,12,18H2,1-3H3. The van der Waals surface area contributed by atoms with Crippen LogP contribution in [0.4, 0.5) is 0 Å². The molecule has 1 aromatic carbocycles.